The van der Waals surface area contributed by atoms with E-state index in [1.807, 2.05) is 6.07 Å². The van der Waals surface area contributed by atoms with E-state index in [1.54, 1.807) is 24.3 Å². The summed E-state index contributed by atoms with van der Waals surface area (Å²) in [6.07, 6.45) is 3.66. The standard InChI is InChI=1S/C14H17N3O3/c1-20-14-10(3-2-6-15-14)8-17-11(18)7-16-13(19)12(17)9-4-5-9/h2-3,6,9,12H,4-5,7-8H2,1H3,(H,16,19). The molecule has 1 saturated heterocycles. The highest BCUT2D eigenvalue weighted by atomic mass is 16.5. The third-order valence-electron chi connectivity index (χ3n) is 3.79. The van der Waals surface area contributed by atoms with E-state index < -0.39 is 0 Å². The second kappa shape index (κ2) is 5.11. The molecule has 0 spiro atoms. The van der Waals surface area contributed by atoms with Crippen LogP contribution >= 0.6 is 0 Å². The van der Waals surface area contributed by atoms with Crippen molar-refractivity contribution in [3.8, 4) is 5.88 Å². The lowest BCUT2D eigenvalue weighted by atomic mass is 10.1. The smallest absolute Gasteiger partial charge is 0.243 e. The molecule has 20 heavy (non-hydrogen) atoms. The largest absolute Gasteiger partial charge is 0.481 e. The minimum atomic E-state index is -0.346. The SMILES string of the molecule is COc1ncccc1CN1C(=O)CNC(=O)C1C1CC1. The Morgan fingerprint density at radius 2 is 2.25 bits per heavy atom. The van der Waals surface area contributed by atoms with E-state index in [9.17, 15) is 9.59 Å². The quantitative estimate of drug-likeness (QED) is 0.859. The highest BCUT2D eigenvalue weighted by Crippen LogP contribution is 2.37. The van der Waals surface area contributed by atoms with Gasteiger partial charge in [-0.05, 0) is 24.8 Å². The van der Waals surface area contributed by atoms with Crippen LogP contribution in [0.5, 0.6) is 5.88 Å². The van der Waals surface area contributed by atoms with E-state index in [0.717, 1.165) is 18.4 Å². The van der Waals surface area contributed by atoms with Crippen molar-refractivity contribution < 1.29 is 14.3 Å². The Balaban J connectivity index is 1.86. The predicted molar refractivity (Wildman–Crippen MR) is 70.9 cm³/mol. The molecule has 0 aromatic carbocycles. The average molecular weight is 275 g/mol. The van der Waals surface area contributed by atoms with Gasteiger partial charge < -0.3 is 15.0 Å². The minimum Gasteiger partial charge on any atom is -0.481 e. The number of piperazine rings is 1. The van der Waals surface area contributed by atoms with Gasteiger partial charge in [-0.2, -0.15) is 0 Å². The average Bonchev–Trinajstić information content (AvgIpc) is 3.28. The maximum atomic E-state index is 12.1. The second-order valence-corrected chi connectivity index (χ2v) is 5.19. The van der Waals surface area contributed by atoms with E-state index in [0.29, 0.717) is 18.3 Å². The first-order valence-corrected chi connectivity index (χ1v) is 6.75. The van der Waals surface area contributed by atoms with Crippen molar-refractivity contribution in [2.45, 2.75) is 25.4 Å². The molecule has 2 amide bonds. The number of hydrogen-bond donors (Lipinski definition) is 1. The summed E-state index contributed by atoms with van der Waals surface area (Å²) in [5, 5.41) is 2.67. The zero-order valence-electron chi connectivity index (χ0n) is 11.3. The number of hydrogen-bond acceptors (Lipinski definition) is 4. The number of methoxy groups -OCH3 is 1. The van der Waals surface area contributed by atoms with Crippen molar-refractivity contribution in [3.63, 3.8) is 0 Å². The van der Waals surface area contributed by atoms with Crippen LogP contribution in [-0.4, -0.2) is 41.4 Å². The van der Waals surface area contributed by atoms with Crippen molar-refractivity contribution >= 4 is 11.8 Å². The number of aromatic nitrogens is 1. The van der Waals surface area contributed by atoms with Gasteiger partial charge in [0.05, 0.1) is 20.2 Å². The molecule has 1 unspecified atom stereocenters. The molecular weight excluding hydrogens is 258 g/mol. The van der Waals surface area contributed by atoms with Gasteiger partial charge in [-0.1, -0.05) is 6.07 Å². The van der Waals surface area contributed by atoms with Gasteiger partial charge in [0.15, 0.2) is 0 Å². The summed E-state index contributed by atoms with van der Waals surface area (Å²) >= 11 is 0. The van der Waals surface area contributed by atoms with Crippen molar-refractivity contribution in [1.82, 2.24) is 15.2 Å². The first kappa shape index (κ1) is 12.9. The lowest BCUT2D eigenvalue weighted by Crippen LogP contribution is -2.58. The van der Waals surface area contributed by atoms with Gasteiger partial charge in [0.2, 0.25) is 17.7 Å². The number of rotatable bonds is 4. The number of amides is 2. The fourth-order valence-electron chi connectivity index (χ4n) is 2.64. The van der Waals surface area contributed by atoms with Crippen molar-refractivity contribution in [2.75, 3.05) is 13.7 Å². The fraction of sp³-hybridized carbons (Fsp3) is 0.500. The minimum absolute atomic E-state index is 0.0463. The molecule has 2 heterocycles. The summed E-state index contributed by atoms with van der Waals surface area (Å²) in [6, 6.07) is 3.33. The molecule has 1 atom stereocenters. The van der Waals surface area contributed by atoms with Gasteiger partial charge in [-0.25, -0.2) is 4.98 Å². The summed E-state index contributed by atoms with van der Waals surface area (Å²) < 4.78 is 5.21. The van der Waals surface area contributed by atoms with Gasteiger partial charge in [0.1, 0.15) is 6.04 Å². The highest BCUT2D eigenvalue weighted by Gasteiger charge is 2.44. The summed E-state index contributed by atoms with van der Waals surface area (Å²) in [7, 11) is 1.55. The van der Waals surface area contributed by atoms with Crippen molar-refractivity contribution in [1.29, 1.82) is 0 Å². The lowest BCUT2D eigenvalue weighted by Gasteiger charge is -2.35. The molecule has 6 nitrogen and oxygen atoms in total. The zero-order valence-corrected chi connectivity index (χ0v) is 11.3. The molecule has 3 rings (SSSR count). The van der Waals surface area contributed by atoms with E-state index in [-0.39, 0.29) is 24.4 Å². The summed E-state index contributed by atoms with van der Waals surface area (Å²) in [4.78, 5) is 30.0. The molecule has 106 valence electrons. The molecule has 1 aliphatic carbocycles. The molecule has 1 aromatic heterocycles. The van der Waals surface area contributed by atoms with Gasteiger partial charge in [0, 0.05) is 11.8 Å². The number of nitrogens with zero attached hydrogens (tertiary/aromatic N) is 2. The number of carbonyl (C=O) groups is 2. The number of carbonyl (C=O) groups excluding carboxylic acids is 2. The molecule has 6 heteroatoms. The van der Waals surface area contributed by atoms with Crippen molar-refractivity contribution in [2.24, 2.45) is 5.92 Å². The summed E-state index contributed by atoms with van der Waals surface area (Å²) in [5.41, 5.74) is 0.823. The van der Waals surface area contributed by atoms with E-state index in [2.05, 4.69) is 10.3 Å². The Hall–Kier alpha value is -2.11. The maximum Gasteiger partial charge on any atom is 0.243 e. The van der Waals surface area contributed by atoms with Crippen LogP contribution in [0.15, 0.2) is 18.3 Å². The van der Waals surface area contributed by atoms with Gasteiger partial charge in [0.25, 0.3) is 0 Å². The third-order valence-corrected chi connectivity index (χ3v) is 3.79. The van der Waals surface area contributed by atoms with Crippen LogP contribution in [0.25, 0.3) is 0 Å². The molecular formula is C14H17N3O3. The molecule has 1 N–H and O–H groups in total. The van der Waals surface area contributed by atoms with Crippen LogP contribution in [0, 0.1) is 5.92 Å². The van der Waals surface area contributed by atoms with Crippen LogP contribution in [0.1, 0.15) is 18.4 Å². The fourth-order valence-corrected chi connectivity index (χ4v) is 2.64. The van der Waals surface area contributed by atoms with E-state index in [4.69, 9.17) is 4.74 Å². The number of pyridine rings is 1. The normalized spacial score (nSPS) is 22.6. The topological polar surface area (TPSA) is 71.5 Å². The molecule has 0 radical (unpaired) electrons. The summed E-state index contributed by atoms with van der Waals surface area (Å²) in [5.74, 6) is 0.699. The van der Waals surface area contributed by atoms with Gasteiger partial charge >= 0.3 is 0 Å². The van der Waals surface area contributed by atoms with Gasteiger partial charge in [-0.15, -0.1) is 0 Å². The van der Waals surface area contributed by atoms with Gasteiger partial charge in [-0.3, -0.25) is 9.59 Å². The second-order valence-electron chi connectivity index (χ2n) is 5.19. The van der Waals surface area contributed by atoms with Crippen LogP contribution in [0.2, 0.25) is 0 Å². The third kappa shape index (κ3) is 2.33. The maximum absolute atomic E-state index is 12.1. The highest BCUT2D eigenvalue weighted by molar-refractivity contribution is 5.95. The van der Waals surface area contributed by atoms with Crippen LogP contribution in [-0.2, 0) is 16.1 Å². The van der Waals surface area contributed by atoms with E-state index in [1.165, 1.54) is 0 Å². The first-order valence-electron chi connectivity index (χ1n) is 6.75. The molecule has 2 fully saturated rings. The Bertz CT molecular complexity index is 542. The Labute approximate surface area is 117 Å². The van der Waals surface area contributed by atoms with Crippen molar-refractivity contribution in [3.05, 3.63) is 23.9 Å². The molecule has 0 bridgehead atoms. The number of ether oxygens (including phenoxy) is 1. The Morgan fingerprint density at radius 3 is 2.95 bits per heavy atom. The van der Waals surface area contributed by atoms with Crippen LogP contribution in [0.3, 0.4) is 0 Å². The monoisotopic (exact) mass is 275 g/mol. The Kier molecular flexibility index (Phi) is 3.30. The number of nitrogens with one attached hydrogen (secondary N) is 1. The first-order chi connectivity index (χ1) is 9.70. The van der Waals surface area contributed by atoms with E-state index >= 15 is 0 Å². The summed E-state index contributed by atoms with van der Waals surface area (Å²) in [6.45, 7) is 0.440. The lowest BCUT2D eigenvalue weighted by molar-refractivity contribution is -0.147. The molecule has 1 aliphatic heterocycles. The molecule has 1 saturated carbocycles. The molecule has 2 aliphatic rings. The molecule has 1 aromatic rings. The van der Waals surface area contributed by atoms with Crippen LogP contribution < -0.4 is 10.1 Å². The Morgan fingerprint density at radius 1 is 1.45 bits per heavy atom. The predicted octanol–water partition coefficient (Wildman–Crippen LogP) is 0.327. The zero-order chi connectivity index (χ0) is 14.1. The van der Waals surface area contributed by atoms with Crippen LogP contribution in [0.4, 0.5) is 0 Å².